The van der Waals surface area contributed by atoms with Crippen molar-refractivity contribution in [3.63, 3.8) is 0 Å². The minimum atomic E-state index is 0.216. The Morgan fingerprint density at radius 1 is 0.812 bits per heavy atom. The second-order valence-electron chi connectivity index (χ2n) is 4.45. The van der Waals surface area contributed by atoms with Crippen molar-refractivity contribution in [2.45, 2.75) is 38.8 Å². The predicted octanol–water partition coefficient (Wildman–Crippen LogP) is 0.392. The van der Waals surface area contributed by atoms with Gasteiger partial charge in [0.05, 0.1) is 13.2 Å². The van der Waals surface area contributed by atoms with Crippen molar-refractivity contribution in [3.8, 4) is 0 Å². The number of nitrogens with zero attached hydrogens (tertiary/aromatic N) is 2. The highest BCUT2D eigenvalue weighted by Crippen LogP contribution is 2.03. The number of aliphatic hydroxyl groups is 2. The molecule has 0 saturated carbocycles. The van der Waals surface area contributed by atoms with Gasteiger partial charge < -0.3 is 10.2 Å². The summed E-state index contributed by atoms with van der Waals surface area (Å²) in [5.74, 6) is 0. The standard InChI is InChI=1S/C12H28N2O2/c1-5-11(9-15)13(3)7-8-14(4)12(6-2)10-16/h11-12,15-16H,5-10H2,1-4H3/t11-,12+. The van der Waals surface area contributed by atoms with Crippen LogP contribution in [0.3, 0.4) is 0 Å². The lowest BCUT2D eigenvalue weighted by atomic mass is 10.2. The van der Waals surface area contributed by atoms with E-state index in [9.17, 15) is 0 Å². The first kappa shape index (κ1) is 15.8. The molecule has 0 rings (SSSR count). The fourth-order valence-corrected chi connectivity index (χ4v) is 1.84. The monoisotopic (exact) mass is 232 g/mol. The van der Waals surface area contributed by atoms with Crippen LogP contribution in [-0.2, 0) is 0 Å². The summed E-state index contributed by atoms with van der Waals surface area (Å²) in [6.07, 6.45) is 1.93. The van der Waals surface area contributed by atoms with E-state index < -0.39 is 0 Å². The van der Waals surface area contributed by atoms with Gasteiger partial charge in [-0.05, 0) is 26.9 Å². The SMILES string of the molecule is CC[C@H](CO)N(C)CCN(C)[C@@H](CC)CO. The van der Waals surface area contributed by atoms with Gasteiger partial charge in [0.2, 0.25) is 0 Å². The van der Waals surface area contributed by atoms with E-state index in [2.05, 4.69) is 23.6 Å². The molecule has 0 aromatic heterocycles. The molecule has 0 fully saturated rings. The molecule has 2 atom stereocenters. The molecule has 2 N–H and O–H groups in total. The van der Waals surface area contributed by atoms with Crippen LogP contribution in [0.4, 0.5) is 0 Å². The number of rotatable bonds is 9. The molecule has 0 radical (unpaired) electrons. The maximum atomic E-state index is 9.17. The van der Waals surface area contributed by atoms with Gasteiger partial charge in [0.15, 0.2) is 0 Å². The van der Waals surface area contributed by atoms with Gasteiger partial charge >= 0.3 is 0 Å². The highest BCUT2D eigenvalue weighted by Gasteiger charge is 2.15. The topological polar surface area (TPSA) is 46.9 Å². The third kappa shape index (κ3) is 5.25. The van der Waals surface area contributed by atoms with Crippen molar-refractivity contribution in [1.82, 2.24) is 9.80 Å². The smallest absolute Gasteiger partial charge is 0.0586 e. The molecule has 0 unspecified atom stereocenters. The first-order valence-corrected chi connectivity index (χ1v) is 6.22. The number of likely N-dealkylation sites (N-methyl/N-ethyl adjacent to an activating group) is 2. The minimum absolute atomic E-state index is 0.216. The lowest BCUT2D eigenvalue weighted by Crippen LogP contribution is -2.42. The van der Waals surface area contributed by atoms with Gasteiger partial charge in [-0.15, -0.1) is 0 Å². The quantitative estimate of drug-likeness (QED) is 0.604. The van der Waals surface area contributed by atoms with Crippen LogP contribution in [0.25, 0.3) is 0 Å². The van der Waals surface area contributed by atoms with Crippen molar-refractivity contribution in [3.05, 3.63) is 0 Å². The summed E-state index contributed by atoms with van der Waals surface area (Å²) in [4.78, 5) is 4.36. The van der Waals surface area contributed by atoms with Crippen molar-refractivity contribution < 1.29 is 10.2 Å². The molecule has 4 heteroatoms. The molecule has 4 nitrogen and oxygen atoms in total. The molecule has 0 spiro atoms. The van der Waals surface area contributed by atoms with Crippen LogP contribution in [0.5, 0.6) is 0 Å². The molecular weight excluding hydrogens is 204 g/mol. The Morgan fingerprint density at radius 2 is 1.12 bits per heavy atom. The van der Waals surface area contributed by atoms with Crippen LogP contribution in [0.15, 0.2) is 0 Å². The normalized spacial score (nSPS) is 15.8. The molecule has 0 aliphatic rings. The largest absolute Gasteiger partial charge is 0.395 e. The molecule has 0 aliphatic carbocycles. The van der Waals surface area contributed by atoms with E-state index in [1.54, 1.807) is 0 Å². The third-order valence-electron chi connectivity index (χ3n) is 3.42. The third-order valence-corrected chi connectivity index (χ3v) is 3.42. The van der Waals surface area contributed by atoms with E-state index in [4.69, 9.17) is 10.2 Å². The number of hydrogen-bond donors (Lipinski definition) is 2. The van der Waals surface area contributed by atoms with E-state index in [0.29, 0.717) is 0 Å². The van der Waals surface area contributed by atoms with Gasteiger partial charge in [-0.25, -0.2) is 0 Å². The lowest BCUT2D eigenvalue weighted by molar-refractivity contribution is 0.104. The van der Waals surface area contributed by atoms with E-state index in [-0.39, 0.29) is 25.3 Å². The van der Waals surface area contributed by atoms with Crippen LogP contribution >= 0.6 is 0 Å². The van der Waals surface area contributed by atoms with Crippen LogP contribution in [0.1, 0.15) is 26.7 Å². The molecule has 0 aliphatic heterocycles. The summed E-state index contributed by atoms with van der Waals surface area (Å²) in [5.41, 5.74) is 0. The fraction of sp³-hybridized carbons (Fsp3) is 1.00. The highest BCUT2D eigenvalue weighted by molar-refractivity contribution is 4.70. The second kappa shape index (κ2) is 8.93. The molecule has 0 amide bonds. The molecule has 0 saturated heterocycles. The van der Waals surface area contributed by atoms with Crippen LogP contribution in [0, 0.1) is 0 Å². The minimum Gasteiger partial charge on any atom is -0.395 e. The van der Waals surface area contributed by atoms with Crippen LogP contribution in [-0.4, -0.2) is 72.5 Å². The van der Waals surface area contributed by atoms with E-state index in [0.717, 1.165) is 25.9 Å². The summed E-state index contributed by atoms with van der Waals surface area (Å²) in [6, 6.07) is 0.505. The summed E-state index contributed by atoms with van der Waals surface area (Å²) in [6.45, 7) is 6.45. The Hall–Kier alpha value is -0.160. The van der Waals surface area contributed by atoms with Gasteiger partial charge in [0.1, 0.15) is 0 Å². The first-order chi connectivity index (χ1) is 7.60. The maximum absolute atomic E-state index is 9.17. The van der Waals surface area contributed by atoms with Gasteiger partial charge in [0, 0.05) is 25.2 Å². The summed E-state index contributed by atoms with van der Waals surface area (Å²) >= 11 is 0. The van der Waals surface area contributed by atoms with Crippen LogP contribution < -0.4 is 0 Å². The zero-order valence-corrected chi connectivity index (χ0v) is 11.2. The Kier molecular flexibility index (Phi) is 8.84. The van der Waals surface area contributed by atoms with Crippen molar-refractivity contribution in [2.75, 3.05) is 40.4 Å². The van der Waals surface area contributed by atoms with E-state index >= 15 is 0 Å². The summed E-state index contributed by atoms with van der Waals surface area (Å²) < 4.78 is 0. The maximum Gasteiger partial charge on any atom is 0.0586 e. The highest BCUT2D eigenvalue weighted by atomic mass is 16.3. The van der Waals surface area contributed by atoms with Crippen molar-refractivity contribution in [1.29, 1.82) is 0 Å². The average molecular weight is 232 g/mol. The lowest BCUT2D eigenvalue weighted by Gasteiger charge is -2.30. The van der Waals surface area contributed by atoms with E-state index in [1.807, 2.05) is 14.1 Å². The van der Waals surface area contributed by atoms with Gasteiger partial charge in [0.25, 0.3) is 0 Å². The zero-order valence-electron chi connectivity index (χ0n) is 11.2. The fourth-order valence-electron chi connectivity index (χ4n) is 1.84. The van der Waals surface area contributed by atoms with Crippen molar-refractivity contribution >= 4 is 0 Å². The Morgan fingerprint density at radius 3 is 1.31 bits per heavy atom. The van der Waals surface area contributed by atoms with Crippen LogP contribution in [0.2, 0.25) is 0 Å². The molecule has 0 aromatic carbocycles. The summed E-state index contributed by atoms with van der Waals surface area (Å²) in [5, 5.41) is 18.3. The zero-order chi connectivity index (χ0) is 12.6. The molecule has 98 valence electrons. The summed E-state index contributed by atoms with van der Waals surface area (Å²) in [7, 11) is 4.08. The van der Waals surface area contributed by atoms with Gasteiger partial charge in [-0.3, -0.25) is 9.80 Å². The Labute approximate surface area is 99.9 Å². The second-order valence-corrected chi connectivity index (χ2v) is 4.45. The average Bonchev–Trinajstić information content (AvgIpc) is 2.29. The molecule has 0 bridgehead atoms. The number of hydrogen-bond acceptors (Lipinski definition) is 4. The van der Waals surface area contributed by atoms with E-state index in [1.165, 1.54) is 0 Å². The predicted molar refractivity (Wildman–Crippen MR) is 67.6 cm³/mol. The first-order valence-electron chi connectivity index (χ1n) is 6.22. The molecule has 0 heterocycles. The Balaban J connectivity index is 3.93. The number of aliphatic hydroxyl groups excluding tert-OH is 2. The van der Waals surface area contributed by atoms with Crippen molar-refractivity contribution in [2.24, 2.45) is 0 Å². The van der Waals surface area contributed by atoms with Gasteiger partial charge in [-0.2, -0.15) is 0 Å². The molecule has 0 aromatic rings. The Bertz CT molecular complexity index is 141. The molecular formula is C12H28N2O2. The molecule has 16 heavy (non-hydrogen) atoms. The van der Waals surface area contributed by atoms with Gasteiger partial charge in [-0.1, -0.05) is 13.8 Å².